The van der Waals surface area contributed by atoms with Gasteiger partial charge in [-0.3, -0.25) is 9.59 Å². The van der Waals surface area contributed by atoms with Crippen LogP contribution in [-0.2, 0) is 6.54 Å². The molecule has 2 heterocycles. The SMILES string of the molecule is CC[C@H](Cn1nc(-c2ccc(OC)cc2)ccc1=O)NC(=O)c1ccc2nc(C)[nH]c2c1. The number of nitrogens with zero attached hydrogens (tertiary/aromatic N) is 3. The quantitative estimate of drug-likeness (QED) is 0.467. The minimum absolute atomic E-state index is 0.203. The van der Waals surface area contributed by atoms with Gasteiger partial charge >= 0.3 is 0 Å². The Hall–Kier alpha value is -3.94. The highest BCUT2D eigenvalue weighted by Crippen LogP contribution is 2.19. The molecular formula is C24H25N5O3. The number of imidazole rings is 1. The summed E-state index contributed by atoms with van der Waals surface area (Å²) < 4.78 is 6.59. The number of carbonyl (C=O) groups is 1. The molecule has 1 amide bonds. The molecule has 0 fully saturated rings. The van der Waals surface area contributed by atoms with E-state index in [4.69, 9.17) is 4.74 Å². The second kappa shape index (κ2) is 9.05. The van der Waals surface area contributed by atoms with Gasteiger partial charge in [0.1, 0.15) is 11.6 Å². The summed E-state index contributed by atoms with van der Waals surface area (Å²) in [6.07, 6.45) is 0.651. The van der Waals surface area contributed by atoms with Crippen molar-refractivity contribution in [1.29, 1.82) is 0 Å². The smallest absolute Gasteiger partial charge is 0.266 e. The van der Waals surface area contributed by atoms with Gasteiger partial charge in [-0.2, -0.15) is 5.10 Å². The lowest BCUT2D eigenvalue weighted by Gasteiger charge is -2.18. The second-order valence-corrected chi connectivity index (χ2v) is 7.60. The maximum absolute atomic E-state index is 12.8. The van der Waals surface area contributed by atoms with Crippen LogP contribution in [0.1, 0.15) is 29.5 Å². The third kappa shape index (κ3) is 4.54. The van der Waals surface area contributed by atoms with Crippen LogP contribution in [0.25, 0.3) is 22.3 Å². The minimum Gasteiger partial charge on any atom is -0.497 e. The molecule has 2 aromatic carbocycles. The third-order valence-corrected chi connectivity index (χ3v) is 5.34. The van der Waals surface area contributed by atoms with E-state index in [-0.39, 0.29) is 24.1 Å². The van der Waals surface area contributed by atoms with Gasteiger partial charge in [0.15, 0.2) is 0 Å². The van der Waals surface area contributed by atoms with Crippen LogP contribution in [0.5, 0.6) is 5.75 Å². The summed E-state index contributed by atoms with van der Waals surface area (Å²) in [5, 5.41) is 7.52. The maximum Gasteiger partial charge on any atom is 0.266 e. The summed E-state index contributed by atoms with van der Waals surface area (Å²) in [6, 6.07) is 15.8. The van der Waals surface area contributed by atoms with Crippen LogP contribution in [0.3, 0.4) is 0 Å². The third-order valence-electron chi connectivity index (χ3n) is 5.34. The van der Waals surface area contributed by atoms with Gasteiger partial charge in [-0.05, 0) is 61.9 Å². The lowest BCUT2D eigenvalue weighted by atomic mass is 10.1. The zero-order valence-corrected chi connectivity index (χ0v) is 18.3. The molecular weight excluding hydrogens is 406 g/mol. The van der Waals surface area contributed by atoms with Crippen LogP contribution in [0.2, 0.25) is 0 Å². The Kier molecular flexibility index (Phi) is 6.02. The van der Waals surface area contributed by atoms with E-state index in [2.05, 4.69) is 20.4 Å². The molecule has 0 aliphatic carbocycles. The molecule has 0 unspecified atom stereocenters. The van der Waals surface area contributed by atoms with Crippen molar-refractivity contribution in [3.8, 4) is 17.0 Å². The molecule has 0 spiro atoms. The number of amides is 1. The summed E-state index contributed by atoms with van der Waals surface area (Å²) in [7, 11) is 1.61. The van der Waals surface area contributed by atoms with Gasteiger partial charge in [0.2, 0.25) is 0 Å². The molecule has 4 aromatic rings. The predicted molar refractivity (Wildman–Crippen MR) is 123 cm³/mol. The molecule has 0 saturated carbocycles. The molecule has 2 aromatic heterocycles. The Bertz CT molecular complexity index is 1310. The number of methoxy groups -OCH3 is 1. The normalized spacial score (nSPS) is 12.0. The molecule has 8 nitrogen and oxygen atoms in total. The Balaban J connectivity index is 1.52. The van der Waals surface area contributed by atoms with E-state index in [0.29, 0.717) is 17.7 Å². The van der Waals surface area contributed by atoms with Crippen LogP contribution in [0, 0.1) is 6.92 Å². The average molecular weight is 431 g/mol. The molecule has 0 radical (unpaired) electrons. The van der Waals surface area contributed by atoms with Crippen LogP contribution in [0.4, 0.5) is 0 Å². The molecule has 4 rings (SSSR count). The van der Waals surface area contributed by atoms with Crippen molar-refractivity contribution in [1.82, 2.24) is 25.1 Å². The summed E-state index contributed by atoms with van der Waals surface area (Å²) in [4.78, 5) is 32.7. The Morgan fingerprint density at radius 2 is 1.94 bits per heavy atom. The van der Waals surface area contributed by atoms with Gasteiger partial charge in [-0.25, -0.2) is 9.67 Å². The fraction of sp³-hybridized carbons (Fsp3) is 0.250. The number of aromatic nitrogens is 4. The lowest BCUT2D eigenvalue weighted by molar-refractivity contribution is 0.0930. The van der Waals surface area contributed by atoms with Crippen molar-refractivity contribution in [3.63, 3.8) is 0 Å². The number of aryl methyl sites for hydroxylation is 1. The van der Waals surface area contributed by atoms with E-state index in [1.54, 1.807) is 25.3 Å². The van der Waals surface area contributed by atoms with Gasteiger partial charge in [0.05, 0.1) is 30.4 Å². The molecule has 164 valence electrons. The molecule has 2 N–H and O–H groups in total. The fourth-order valence-corrected chi connectivity index (χ4v) is 3.53. The summed E-state index contributed by atoms with van der Waals surface area (Å²) in [6.45, 7) is 4.11. The Morgan fingerprint density at radius 1 is 1.16 bits per heavy atom. The fourth-order valence-electron chi connectivity index (χ4n) is 3.53. The van der Waals surface area contributed by atoms with E-state index >= 15 is 0 Å². The molecule has 1 atom stereocenters. The van der Waals surface area contributed by atoms with Crippen molar-refractivity contribution < 1.29 is 9.53 Å². The second-order valence-electron chi connectivity index (χ2n) is 7.60. The number of fused-ring (bicyclic) bond motifs is 1. The van der Waals surface area contributed by atoms with Gasteiger partial charge < -0.3 is 15.0 Å². The molecule has 8 heteroatoms. The molecule has 32 heavy (non-hydrogen) atoms. The molecule has 0 aliphatic heterocycles. The largest absolute Gasteiger partial charge is 0.497 e. The molecule has 0 saturated heterocycles. The van der Waals surface area contributed by atoms with E-state index < -0.39 is 0 Å². The highest BCUT2D eigenvalue weighted by atomic mass is 16.5. The maximum atomic E-state index is 12.8. The average Bonchev–Trinajstić information content (AvgIpc) is 3.19. The summed E-state index contributed by atoms with van der Waals surface area (Å²) >= 11 is 0. The van der Waals surface area contributed by atoms with Gasteiger partial charge in [-0.15, -0.1) is 0 Å². The van der Waals surface area contributed by atoms with Crippen LogP contribution in [0.15, 0.2) is 59.4 Å². The zero-order chi connectivity index (χ0) is 22.7. The first-order valence-corrected chi connectivity index (χ1v) is 10.5. The first-order valence-electron chi connectivity index (χ1n) is 10.5. The van der Waals surface area contributed by atoms with Crippen molar-refractivity contribution in [2.75, 3.05) is 7.11 Å². The first-order chi connectivity index (χ1) is 15.5. The number of rotatable bonds is 7. The number of aromatic amines is 1. The monoisotopic (exact) mass is 431 g/mol. The van der Waals surface area contributed by atoms with Crippen molar-refractivity contribution >= 4 is 16.9 Å². The van der Waals surface area contributed by atoms with Gasteiger partial charge in [-0.1, -0.05) is 6.92 Å². The summed E-state index contributed by atoms with van der Waals surface area (Å²) in [5.74, 6) is 1.34. The van der Waals surface area contributed by atoms with E-state index in [9.17, 15) is 9.59 Å². The van der Waals surface area contributed by atoms with Crippen molar-refractivity contribution in [3.05, 3.63) is 76.3 Å². The standard InChI is InChI=1S/C24H25N5O3/c1-4-18(27-24(31)17-7-10-21-22(13-17)26-15(2)25-21)14-29-23(30)12-11-20(28-29)16-5-8-19(32-3)9-6-16/h5-13,18H,4,14H2,1-3H3,(H,25,26)(H,27,31)/t18-/m1/s1. The number of hydrogen-bond acceptors (Lipinski definition) is 5. The van der Waals surface area contributed by atoms with E-state index in [0.717, 1.165) is 28.2 Å². The number of benzene rings is 2. The number of H-pyrrole nitrogens is 1. The van der Waals surface area contributed by atoms with Crippen LogP contribution < -0.4 is 15.6 Å². The van der Waals surface area contributed by atoms with Crippen LogP contribution in [-0.4, -0.2) is 38.8 Å². The summed E-state index contributed by atoms with van der Waals surface area (Å²) in [5.41, 5.74) is 3.50. The van der Waals surface area contributed by atoms with Crippen molar-refractivity contribution in [2.24, 2.45) is 0 Å². The highest BCUT2D eigenvalue weighted by Gasteiger charge is 2.15. The lowest BCUT2D eigenvalue weighted by Crippen LogP contribution is -2.40. The zero-order valence-electron chi connectivity index (χ0n) is 18.3. The topological polar surface area (TPSA) is 102 Å². The van der Waals surface area contributed by atoms with E-state index in [1.807, 2.05) is 44.2 Å². The van der Waals surface area contributed by atoms with Crippen LogP contribution >= 0.6 is 0 Å². The first kappa shape index (κ1) is 21.3. The van der Waals surface area contributed by atoms with Gasteiger partial charge in [0.25, 0.3) is 11.5 Å². The predicted octanol–water partition coefficient (Wildman–Crippen LogP) is 3.31. The van der Waals surface area contributed by atoms with Gasteiger partial charge in [0, 0.05) is 23.2 Å². The van der Waals surface area contributed by atoms with E-state index in [1.165, 1.54) is 10.7 Å². The van der Waals surface area contributed by atoms with Crippen molar-refractivity contribution in [2.45, 2.75) is 32.9 Å². The number of ether oxygens (including phenoxy) is 1. The minimum atomic E-state index is -0.252. The molecule has 0 aliphatic rings. The number of carbonyl (C=O) groups excluding carboxylic acids is 1. The number of nitrogens with one attached hydrogen (secondary N) is 2. The molecule has 0 bridgehead atoms. The Morgan fingerprint density at radius 3 is 2.66 bits per heavy atom. The highest BCUT2D eigenvalue weighted by molar-refractivity contribution is 5.97. The Labute approximate surface area is 185 Å². The number of hydrogen-bond donors (Lipinski definition) is 2.